The van der Waals surface area contributed by atoms with E-state index in [9.17, 15) is 0 Å². The minimum absolute atomic E-state index is 0.111. The van der Waals surface area contributed by atoms with Crippen LogP contribution in [0.25, 0.3) is 11.3 Å². The molecule has 1 aromatic heterocycles. The fraction of sp³-hybridized carbons (Fsp3) is 0.286. The van der Waals surface area contributed by atoms with Gasteiger partial charge in [-0.2, -0.15) is 10.2 Å². The predicted octanol–water partition coefficient (Wildman–Crippen LogP) is 3.44. The van der Waals surface area contributed by atoms with Crippen LogP contribution in [0.4, 0.5) is 0 Å². The molecule has 1 heterocycles. The van der Waals surface area contributed by atoms with Gasteiger partial charge in [-0.3, -0.25) is 0 Å². The highest BCUT2D eigenvalue weighted by Gasteiger charge is 2.15. The van der Waals surface area contributed by atoms with Crippen LogP contribution in [0.3, 0.4) is 0 Å². The second-order valence-electron chi connectivity index (χ2n) is 4.95. The molecule has 0 spiro atoms. The topological polar surface area (TPSA) is 25.8 Å². The molecule has 2 nitrogen and oxygen atoms in total. The van der Waals surface area contributed by atoms with E-state index in [1.165, 1.54) is 5.56 Å². The van der Waals surface area contributed by atoms with Gasteiger partial charge >= 0.3 is 0 Å². The van der Waals surface area contributed by atoms with E-state index in [1.54, 1.807) is 0 Å². The van der Waals surface area contributed by atoms with Crippen LogP contribution >= 0.6 is 0 Å². The average molecular weight is 212 g/mol. The first kappa shape index (κ1) is 10.8. The molecule has 0 fully saturated rings. The van der Waals surface area contributed by atoms with E-state index in [2.05, 4.69) is 49.2 Å². The van der Waals surface area contributed by atoms with Crippen LogP contribution < -0.4 is 0 Å². The number of benzene rings is 1. The second-order valence-corrected chi connectivity index (χ2v) is 4.95. The van der Waals surface area contributed by atoms with Crippen molar-refractivity contribution in [3.63, 3.8) is 0 Å². The van der Waals surface area contributed by atoms with Crippen molar-refractivity contribution in [3.05, 3.63) is 48.2 Å². The van der Waals surface area contributed by atoms with Crippen molar-refractivity contribution < 1.29 is 0 Å². The maximum absolute atomic E-state index is 4.17. The molecular formula is C14H16N2. The van der Waals surface area contributed by atoms with Crippen LogP contribution in [0, 0.1) is 0 Å². The number of hydrogen-bond acceptors (Lipinski definition) is 2. The molecule has 0 aliphatic carbocycles. The Hall–Kier alpha value is -1.70. The maximum atomic E-state index is 4.17. The van der Waals surface area contributed by atoms with Crippen LogP contribution in [-0.4, -0.2) is 10.2 Å². The molecule has 0 saturated carbocycles. The SMILES string of the molecule is CC(C)(C)c1cnnc(-c2ccccc2)c1. The third-order valence-electron chi connectivity index (χ3n) is 2.59. The summed E-state index contributed by atoms with van der Waals surface area (Å²) in [6.07, 6.45) is 1.84. The smallest absolute Gasteiger partial charge is 0.0932 e. The Morgan fingerprint density at radius 2 is 1.69 bits per heavy atom. The molecule has 16 heavy (non-hydrogen) atoms. The lowest BCUT2D eigenvalue weighted by Gasteiger charge is -2.18. The van der Waals surface area contributed by atoms with Crippen molar-refractivity contribution in [2.75, 3.05) is 0 Å². The molecule has 0 atom stereocenters. The van der Waals surface area contributed by atoms with Gasteiger partial charge in [0, 0.05) is 5.56 Å². The lowest BCUT2D eigenvalue weighted by Crippen LogP contribution is -2.12. The fourth-order valence-electron chi connectivity index (χ4n) is 1.53. The number of aromatic nitrogens is 2. The van der Waals surface area contributed by atoms with E-state index < -0.39 is 0 Å². The van der Waals surface area contributed by atoms with E-state index in [-0.39, 0.29) is 5.41 Å². The molecule has 0 bridgehead atoms. The Kier molecular flexibility index (Phi) is 2.73. The minimum Gasteiger partial charge on any atom is -0.158 e. The van der Waals surface area contributed by atoms with Crippen molar-refractivity contribution in [1.29, 1.82) is 0 Å². The van der Waals surface area contributed by atoms with Gasteiger partial charge in [0.25, 0.3) is 0 Å². The molecule has 0 aliphatic rings. The Balaban J connectivity index is 2.45. The number of rotatable bonds is 1. The Morgan fingerprint density at radius 3 is 2.31 bits per heavy atom. The third-order valence-corrected chi connectivity index (χ3v) is 2.59. The van der Waals surface area contributed by atoms with Gasteiger partial charge in [-0.25, -0.2) is 0 Å². The molecule has 0 N–H and O–H groups in total. The highest BCUT2D eigenvalue weighted by atomic mass is 15.1. The lowest BCUT2D eigenvalue weighted by atomic mass is 9.88. The highest BCUT2D eigenvalue weighted by Crippen LogP contribution is 2.24. The fourth-order valence-corrected chi connectivity index (χ4v) is 1.53. The summed E-state index contributed by atoms with van der Waals surface area (Å²) in [5, 5.41) is 8.25. The summed E-state index contributed by atoms with van der Waals surface area (Å²) >= 11 is 0. The minimum atomic E-state index is 0.111. The van der Waals surface area contributed by atoms with Crippen LogP contribution in [0.1, 0.15) is 26.3 Å². The van der Waals surface area contributed by atoms with Crippen LogP contribution in [0.15, 0.2) is 42.6 Å². The molecule has 0 unspecified atom stereocenters. The van der Waals surface area contributed by atoms with E-state index in [4.69, 9.17) is 0 Å². The van der Waals surface area contributed by atoms with Gasteiger partial charge in [-0.15, -0.1) is 0 Å². The van der Waals surface area contributed by atoms with Crippen molar-refractivity contribution >= 4 is 0 Å². The van der Waals surface area contributed by atoms with Gasteiger partial charge in [0.1, 0.15) is 0 Å². The maximum Gasteiger partial charge on any atom is 0.0932 e. The second kappa shape index (κ2) is 4.05. The molecule has 2 rings (SSSR count). The summed E-state index contributed by atoms with van der Waals surface area (Å²) in [5.74, 6) is 0. The monoisotopic (exact) mass is 212 g/mol. The quantitative estimate of drug-likeness (QED) is 0.723. The van der Waals surface area contributed by atoms with E-state index in [0.717, 1.165) is 11.3 Å². The zero-order chi connectivity index (χ0) is 11.6. The lowest BCUT2D eigenvalue weighted by molar-refractivity contribution is 0.585. The molecule has 82 valence electrons. The molecule has 2 heteroatoms. The highest BCUT2D eigenvalue weighted by molar-refractivity contribution is 5.59. The first-order valence-electron chi connectivity index (χ1n) is 5.46. The molecule has 0 radical (unpaired) electrons. The first-order chi connectivity index (χ1) is 7.57. The van der Waals surface area contributed by atoms with Gasteiger partial charge in [-0.1, -0.05) is 51.1 Å². The zero-order valence-electron chi connectivity index (χ0n) is 9.94. The normalized spacial score (nSPS) is 11.4. The molecule has 1 aromatic carbocycles. The third kappa shape index (κ3) is 2.27. The summed E-state index contributed by atoms with van der Waals surface area (Å²) in [6.45, 7) is 6.54. The number of hydrogen-bond donors (Lipinski definition) is 0. The van der Waals surface area contributed by atoms with Crippen molar-refractivity contribution in [1.82, 2.24) is 10.2 Å². The zero-order valence-corrected chi connectivity index (χ0v) is 9.94. The first-order valence-corrected chi connectivity index (χ1v) is 5.46. The van der Waals surface area contributed by atoms with Crippen molar-refractivity contribution in [2.45, 2.75) is 26.2 Å². The van der Waals surface area contributed by atoms with Gasteiger partial charge < -0.3 is 0 Å². The summed E-state index contributed by atoms with van der Waals surface area (Å²) in [6, 6.07) is 12.3. The Morgan fingerprint density at radius 1 is 1.00 bits per heavy atom. The molecular weight excluding hydrogens is 196 g/mol. The van der Waals surface area contributed by atoms with E-state index >= 15 is 0 Å². The largest absolute Gasteiger partial charge is 0.158 e. The summed E-state index contributed by atoms with van der Waals surface area (Å²) in [5.41, 5.74) is 3.37. The van der Waals surface area contributed by atoms with Crippen molar-refractivity contribution in [2.24, 2.45) is 0 Å². The van der Waals surface area contributed by atoms with Gasteiger partial charge in [0.2, 0.25) is 0 Å². The van der Waals surface area contributed by atoms with Gasteiger partial charge in [0.05, 0.1) is 11.9 Å². The van der Waals surface area contributed by atoms with E-state index in [1.807, 2.05) is 24.4 Å². The standard InChI is InChI=1S/C14H16N2/c1-14(2,3)12-9-13(16-15-10-12)11-7-5-4-6-8-11/h4-10H,1-3H3. The summed E-state index contributed by atoms with van der Waals surface area (Å²) in [4.78, 5) is 0. The Bertz CT molecular complexity index is 470. The number of nitrogens with zero attached hydrogens (tertiary/aromatic N) is 2. The van der Waals surface area contributed by atoms with Crippen LogP contribution in [-0.2, 0) is 5.41 Å². The van der Waals surface area contributed by atoms with Crippen LogP contribution in [0.5, 0.6) is 0 Å². The van der Waals surface area contributed by atoms with Gasteiger partial charge in [0.15, 0.2) is 0 Å². The van der Waals surface area contributed by atoms with Crippen LogP contribution in [0.2, 0.25) is 0 Å². The average Bonchev–Trinajstić information content (AvgIpc) is 2.29. The summed E-state index contributed by atoms with van der Waals surface area (Å²) in [7, 11) is 0. The summed E-state index contributed by atoms with van der Waals surface area (Å²) < 4.78 is 0. The Labute approximate surface area is 96.4 Å². The predicted molar refractivity (Wildman–Crippen MR) is 66.2 cm³/mol. The van der Waals surface area contributed by atoms with Crippen molar-refractivity contribution in [3.8, 4) is 11.3 Å². The molecule has 0 aliphatic heterocycles. The van der Waals surface area contributed by atoms with E-state index in [0.29, 0.717) is 0 Å². The van der Waals surface area contributed by atoms with Gasteiger partial charge in [-0.05, 0) is 17.0 Å². The molecule has 0 amide bonds. The molecule has 0 saturated heterocycles. The molecule has 2 aromatic rings.